The molecule has 0 saturated heterocycles. The fourth-order valence-electron chi connectivity index (χ4n) is 1.69. The van der Waals surface area contributed by atoms with E-state index in [1.807, 2.05) is 24.3 Å². The summed E-state index contributed by atoms with van der Waals surface area (Å²) in [4.78, 5) is 0. The number of nitriles is 1. The Morgan fingerprint density at radius 3 is 2.62 bits per heavy atom. The van der Waals surface area contributed by atoms with E-state index >= 15 is 0 Å². The van der Waals surface area contributed by atoms with Crippen LogP contribution in [-0.2, 0) is 0 Å². The minimum atomic E-state index is 0. The Kier molecular flexibility index (Phi) is 7.62. The molecule has 0 amide bonds. The topological polar surface area (TPSA) is 49.8 Å². The number of halogens is 1. The van der Waals surface area contributed by atoms with Crippen molar-refractivity contribution in [3.8, 4) is 6.07 Å². The molecule has 0 aromatic heterocycles. The van der Waals surface area contributed by atoms with E-state index in [0.29, 0.717) is 5.56 Å². The molecule has 0 unspecified atom stereocenters. The van der Waals surface area contributed by atoms with Crippen LogP contribution in [0.4, 0.5) is 0 Å². The average molecular weight is 239 g/mol. The smallest absolute Gasteiger partial charge is 0.0995 e. The number of benzene rings is 1. The first kappa shape index (κ1) is 15.0. The molecule has 0 aliphatic carbocycles. The second-order valence-corrected chi connectivity index (χ2v) is 3.80. The summed E-state index contributed by atoms with van der Waals surface area (Å²) in [5, 5.41) is 8.93. The molecule has 0 spiro atoms. The van der Waals surface area contributed by atoms with Gasteiger partial charge in [-0.2, -0.15) is 5.26 Å². The van der Waals surface area contributed by atoms with Crippen molar-refractivity contribution in [2.45, 2.75) is 38.6 Å². The molecule has 2 N–H and O–H groups in total. The summed E-state index contributed by atoms with van der Waals surface area (Å²) in [6.07, 6.45) is 4.51. The molecule has 3 heteroatoms. The van der Waals surface area contributed by atoms with Crippen LogP contribution < -0.4 is 5.73 Å². The van der Waals surface area contributed by atoms with Crippen LogP contribution in [0.15, 0.2) is 24.3 Å². The highest BCUT2D eigenvalue weighted by Crippen LogP contribution is 2.20. The molecule has 0 bridgehead atoms. The van der Waals surface area contributed by atoms with Crippen LogP contribution in [-0.4, -0.2) is 0 Å². The third-order valence-electron chi connectivity index (χ3n) is 2.60. The van der Waals surface area contributed by atoms with Gasteiger partial charge in [0.25, 0.3) is 0 Å². The Morgan fingerprint density at radius 2 is 2.00 bits per heavy atom. The van der Waals surface area contributed by atoms with Crippen molar-refractivity contribution < 1.29 is 0 Å². The maximum Gasteiger partial charge on any atom is 0.0995 e. The van der Waals surface area contributed by atoms with E-state index in [-0.39, 0.29) is 18.4 Å². The van der Waals surface area contributed by atoms with Gasteiger partial charge in [-0.1, -0.05) is 44.4 Å². The maximum atomic E-state index is 8.93. The van der Waals surface area contributed by atoms with Gasteiger partial charge in [0, 0.05) is 6.04 Å². The fraction of sp³-hybridized carbons (Fsp3) is 0.462. The van der Waals surface area contributed by atoms with Crippen molar-refractivity contribution in [2.24, 2.45) is 5.73 Å². The molecule has 1 rings (SSSR count). The summed E-state index contributed by atoms with van der Waals surface area (Å²) in [7, 11) is 0. The molecular formula is C13H19ClN2. The third kappa shape index (κ3) is 4.22. The predicted octanol–water partition coefficient (Wildman–Crippen LogP) is 3.56. The number of unbranched alkanes of at least 4 members (excludes halogenated alkanes) is 2. The Hall–Kier alpha value is -1.04. The lowest BCUT2D eigenvalue weighted by Crippen LogP contribution is -2.11. The maximum absolute atomic E-state index is 8.93. The second kappa shape index (κ2) is 8.15. The minimum Gasteiger partial charge on any atom is -0.324 e. The van der Waals surface area contributed by atoms with E-state index in [4.69, 9.17) is 11.0 Å². The van der Waals surface area contributed by atoms with E-state index in [2.05, 4.69) is 13.0 Å². The van der Waals surface area contributed by atoms with Crippen LogP contribution in [0.25, 0.3) is 0 Å². The third-order valence-corrected chi connectivity index (χ3v) is 2.60. The van der Waals surface area contributed by atoms with E-state index in [1.165, 1.54) is 12.8 Å². The Balaban J connectivity index is 0.00000225. The molecule has 0 aliphatic heterocycles. The van der Waals surface area contributed by atoms with Gasteiger partial charge in [-0.3, -0.25) is 0 Å². The number of hydrogen-bond donors (Lipinski definition) is 1. The molecule has 0 fully saturated rings. The zero-order valence-corrected chi connectivity index (χ0v) is 10.5. The van der Waals surface area contributed by atoms with Crippen LogP contribution in [0, 0.1) is 11.3 Å². The molecule has 16 heavy (non-hydrogen) atoms. The predicted molar refractivity (Wildman–Crippen MR) is 69.5 cm³/mol. The second-order valence-electron chi connectivity index (χ2n) is 3.80. The SMILES string of the molecule is CCCCC[C@H](N)c1ccccc1C#N.Cl. The van der Waals surface area contributed by atoms with Gasteiger partial charge < -0.3 is 5.73 Å². The quantitative estimate of drug-likeness (QED) is 0.798. The van der Waals surface area contributed by atoms with E-state index in [9.17, 15) is 0 Å². The van der Waals surface area contributed by atoms with Crippen molar-refractivity contribution in [3.05, 3.63) is 35.4 Å². The van der Waals surface area contributed by atoms with Crippen molar-refractivity contribution in [2.75, 3.05) is 0 Å². The minimum absolute atomic E-state index is 0. The highest BCUT2D eigenvalue weighted by atomic mass is 35.5. The summed E-state index contributed by atoms with van der Waals surface area (Å²) in [5.41, 5.74) is 7.75. The number of hydrogen-bond acceptors (Lipinski definition) is 2. The fourth-order valence-corrected chi connectivity index (χ4v) is 1.69. The van der Waals surface area contributed by atoms with Gasteiger partial charge in [0.1, 0.15) is 0 Å². The number of rotatable bonds is 5. The van der Waals surface area contributed by atoms with Crippen molar-refractivity contribution in [1.82, 2.24) is 0 Å². The van der Waals surface area contributed by atoms with Gasteiger partial charge in [-0.05, 0) is 18.1 Å². The first-order valence-corrected chi connectivity index (χ1v) is 5.54. The van der Waals surface area contributed by atoms with Crippen LogP contribution in [0.3, 0.4) is 0 Å². The lowest BCUT2D eigenvalue weighted by atomic mass is 9.97. The summed E-state index contributed by atoms with van der Waals surface area (Å²) in [5.74, 6) is 0. The normalized spacial score (nSPS) is 11.3. The highest BCUT2D eigenvalue weighted by molar-refractivity contribution is 5.85. The lowest BCUT2D eigenvalue weighted by Gasteiger charge is -2.12. The van der Waals surface area contributed by atoms with Crippen molar-refractivity contribution >= 4 is 12.4 Å². The first-order valence-electron chi connectivity index (χ1n) is 5.54. The largest absolute Gasteiger partial charge is 0.324 e. The van der Waals surface area contributed by atoms with Crippen molar-refractivity contribution in [1.29, 1.82) is 5.26 Å². The molecule has 0 heterocycles. The van der Waals surface area contributed by atoms with Gasteiger partial charge in [-0.15, -0.1) is 12.4 Å². The van der Waals surface area contributed by atoms with E-state index in [1.54, 1.807) is 0 Å². The standard InChI is InChI=1S/C13H18N2.ClH/c1-2-3-4-9-13(15)12-8-6-5-7-11(12)10-14;/h5-8,13H,2-4,9,15H2,1H3;1H/t13-;/m0./s1. The number of nitrogens with two attached hydrogens (primary N) is 1. The monoisotopic (exact) mass is 238 g/mol. The summed E-state index contributed by atoms with van der Waals surface area (Å²) < 4.78 is 0. The first-order chi connectivity index (χ1) is 7.29. The van der Waals surface area contributed by atoms with Gasteiger partial charge in [-0.25, -0.2) is 0 Å². The average Bonchev–Trinajstić information content (AvgIpc) is 2.29. The van der Waals surface area contributed by atoms with Crippen molar-refractivity contribution in [3.63, 3.8) is 0 Å². The Bertz CT molecular complexity index is 344. The number of nitrogens with zero attached hydrogens (tertiary/aromatic N) is 1. The molecule has 88 valence electrons. The molecule has 1 aromatic carbocycles. The van der Waals surface area contributed by atoms with Gasteiger partial charge in [0.2, 0.25) is 0 Å². The lowest BCUT2D eigenvalue weighted by molar-refractivity contribution is 0.580. The van der Waals surface area contributed by atoms with Crippen LogP contribution in [0.5, 0.6) is 0 Å². The molecular weight excluding hydrogens is 220 g/mol. The van der Waals surface area contributed by atoms with Gasteiger partial charge in [0.15, 0.2) is 0 Å². The molecule has 0 radical (unpaired) electrons. The van der Waals surface area contributed by atoms with E-state index in [0.717, 1.165) is 18.4 Å². The Morgan fingerprint density at radius 1 is 1.31 bits per heavy atom. The Labute approximate surface area is 104 Å². The van der Waals surface area contributed by atoms with Crippen LogP contribution in [0.2, 0.25) is 0 Å². The van der Waals surface area contributed by atoms with Crippen LogP contribution >= 0.6 is 12.4 Å². The molecule has 2 nitrogen and oxygen atoms in total. The highest BCUT2D eigenvalue weighted by Gasteiger charge is 2.09. The van der Waals surface area contributed by atoms with Gasteiger partial charge in [0.05, 0.1) is 11.6 Å². The zero-order valence-electron chi connectivity index (χ0n) is 9.65. The van der Waals surface area contributed by atoms with Gasteiger partial charge >= 0.3 is 0 Å². The zero-order chi connectivity index (χ0) is 11.1. The molecule has 1 atom stereocenters. The summed E-state index contributed by atoms with van der Waals surface area (Å²) in [6.45, 7) is 2.18. The summed E-state index contributed by atoms with van der Waals surface area (Å²) in [6, 6.07) is 9.79. The van der Waals surface area contributed by atoms with Crippen LogP contribution in [0.1, 0.15) is 49.8 Å². The summed E-state index contributed by atoms with van der Waals surface area (Å²) >= 11 is 0. The molecule has 1 aromatic rings. The molecule has 0 aliphatic rings. The van der Waals surface area contributed by atoms with E-state index < -0.39 is 0 Å². The molecule has 0 saturated carbocycles.